The van der Waals surface area contributed by atoms with E-state index in [1.807, 2.05) is 25.5 Å². The van der Waals surface area contributed by atoms with E-state index in [4.69, 9.17) is 0 Å². The first-order valence-electron chi connectivity index (χ1n) is 9.65. The van der Waals surface area contributed by atoms with Gasteiger partial charge < -0.3 is 10.4 Å². The van der Waals surface area contributed by atoms with Crippen molar-refractivity contribution in [1.82, 2.24) is 29.7 Å². The second-order valence-electron chi connectivity index (χ2n) is 7.79. The number of aryl methyl sites for hydroxylation is 1. The first kappa shape index (κ1) is 20.2. The number of thioether (sulfide) groups is 1. The molecule has 10 nitrogen and oxygen atoms in total. The molecule has 1 unspecified atom stereocenters. The summed E-state index contributed by atoms with van der Waals surface area (Å²) in [5.74, 6) is -0.309. The number of nitrogens with one attached hydrogen (secondary N) is 1. The Bertz CT molecular complexity index is 1310. The topological polar surface area (TPSA) is 131 Å². The highest BCUT2D eigenvalue weighted by atomic mass is 32.2. The van der Waals surface area contributed by atoms with Gasteiger partial charge >= 0.3 is 0 Å². The molecule has 0 radical (unpaired) electrons. The molecule has 1 saturated heterocycles. The summed E-state index contributed by atoms with van der Waals surface area (Å²) < 4.78 is 26.7. The van der Waals surface area contributed by atoms with E-state index in [1.165, 1.54) is 11.8 Å². The quantitative estimate of drug-likeness (QED) is 0.561. The van der Waals surface area contributed by atoms with Crippen LogP contribution in [0, 0.1) is 0 Å². The second kappa shape index (κ2) is 7.46. The number of sulfone groups is 1. The van der Waals surface area contributed by atoms with Gasteiger partial charge in [-0.25, -0.2) is 17.9 Å². The predicted molar refractivity (Wildman–Crippen MR) is 115 cm³/mol. The molecule has 2 aliphatic heterocycles. The first-order chi connectivity index (χ1) is 14.8. The van der Waals surface area contributed by atoms with Crippen LogP contribution in [-0.2, 0) is 21.7 Å². The minimum absolute atomic E-state index is 0.0442. The van der Waals surface area contributed by atoms with Crippen LogP contribution < -0.4 is 5.32 Å². The number of allylic oxidation sites excluding steroid dienone is 1. The number of fused-ring (bicyclic) bond motifs is 1. The zero-order valence-electron chi connectivity index (χ0n) is 16.5. The third kappa shape index (κ3) is 3.86. The number of amides is 1. The molecule has 3 atom stereocenters. The second-order valence-corrected chi connectivity index (χ2v) is 11.0. The van der Waals surface area contributed by atoms with Crippen molar-refractivity contribution in [2.45, 2.75) is 18.1 Å². The molecule has 1 fully saturated rings. The Kier molecular flexibility index (Phi) is 4.87. The van der Waals surface area contributed by atoms with Crippen molar-refractivity contribution in [2.24, 2.45) is 7.05 Å². The molecule has 31 heavy (non-hydrogen) atoms. The van der Waals surface area contributed by atoms with Gasteiger partial charge in [-0.15, -0.1) is 11.8 Å². The Hall–Kier alpha value is -2.70. The van der Waals surface area contributed by atoms with Gasteiger partial charge in [0.1, 0.15) is 0 Å². The van der Waals surface area contributed by atoms with E-state index in [0.717, 1.165) is 16.7 Å². The molecule has 2 aliphatic rings. The van der Waals surface area contributed by atoms with Gasteiger partial charge in [0.25, 0.3) is 5.91 Å². The molecule has 0 saturated carbocycles. The lowest BCUT2D eigenvalue weighted by Crippen LogP contribution is -2.42. The number of carbonyl (C=O) groups excluding carboxylic acids is 1. The lowest BCUT2D eigenvalue weighted by atomic mass is 10.0. The molecule has 3 aromatic rings. The van der Waals surface area contributed by atoms with Crippen LogP contribution in [0.5, 0.6) is 0 Å². The van der Waals surface area contributed by atoms with E-state index in [-0.39, 0.29) is 23.3 Å². The van der Waals surface area contributed by atoms with Gasteiger partial charge in [0.15, 0.2) is 15.5 Å². The third-order valence-electron chi connectivity index (χ3n) is 5.46. The molecule has 5 heterocycles. The number of rotatable bonds is 4. The Balaban J connectivity index is 1.34. The summed E-state index contributed by atoms with van der Waals surface area (Å²) in [6.45, 7) is 0. The highest BCUT2D eigenvalue weighted by molar-refractivity contribution is 8.04. The zero-order valence-corrected chi connectivity index (χ0v) is 18.2. The fourth-order valence-corrected chi connectivity index (χ4v) is 6.69. The van der Waals surface area contributed by atoms with Crippen LogP contribution in [0.4, 0.5) is 0 Å². The van der Waals surface area contributed by atoms with Crippen LogP contribution in [0.15, 0.2) is 42.0 Å². The summed E-state index contributed by atoms with van der Waals surface area (Å²) in [4.78, 5) is 17.7. The van der Waals surface area contributed by atoms with Crippen molar-refractivity contribution in [3.05, 3.63) is 47.5 Å². The fraction of sp³-hybridized carbons (Fsp3) is 0.368. The van der Waals surface area contributed by atoms with Crippen molar-refractivity contribution >= 4 is 33.2 Å². The van der Waals surface area contributed by atoms with Crippen molar-refractivity contribution in [2.75, 3.05) is 17.3 Å². The van der Waals surface area contributed by atoms with E-state index in [1.54, 1.807) is 27.8 Å². The Labute approximate surface area is 182 Å². The maximum atomic E-state index is 12.6. The number of carbonyl (C=O) groups is 1. The number of nitrogens with zero attached hydrogens (tertiary/aromatic N) is 5. The standard InChI is InChI=1S/C19H20N6O4S2/c1-24-6-13(4-21-24)12-3-20-18-14(5-22-25(18)7-12)11-2-17(30-8-11)19(27)23-15-9-31(28,29)10-16(15)26/h2-7,11,15-16,26H,8-10H2,1H3,(H,23,27)/t11?,15-,16-/m1/s1. The van der Waals surface area contributed by atoms with Gasteiger partial charge in [-0.3, -0.25) is 9.48 Å². The highest BCUT2D eigenvalue weighted by Crippen LogP contribution is 2.37. The molecule has 3 aromatic heterocycles. The van der Waals surface area contributed by atoms with Crippen molar-refractivity contribution in [3.63, 3.8) is 0 Å². The van der Waals surface area contributed by atoms with Crippen molar-refractivity contribution < 1.29 is 18.3 Å². The third-order valence-corrected chi connectivity index (χ3v) is 8.33. The SMILES string of the molecule is Cn1cc(-c2cnc3c(C4C=C(C(=O)N[C@@H]5CS(=O)(=O)C[C@H]5O)SC4)cnn3c2)cn1. The van der Waals surface area contributed by atoms with Crippen LogP contribution in [0.3, 0.4) is 0 Å². The maximum absolute atomic E-state index is 12.6. The van der Waals surface area contributed by atoms with E-state index in [9.17, 15) is 18.3 Å². The molecule has 162 valence electrons. The number of aliphatic hydroxyl groups is 1. The molecule has 2 N–H and O–H groups in total. The van der Waals surface area contributed by atoms with Gasteiger partial charge in [0, 0.05) is 54.0 Å². The summed E-state index contributed by atoms with van der Waals surface area (Å²) in [5.41, 5.74) is 3.47. The fourth-order valence-electron chi connectivity index (χ4n) is 3.86. The monoisotopic (exact) mass is 460 g/mol. The molecular formula is C19H20N6O4S2. The Morgan fingerprint density at radius 1 is 1.19 bits per heavy atom. The van der Waals surface area contributed by atoms with E-state index < -0.39 is 22.0 Å². The van der Waals surface area contributed by atoms with Crippen LogP contribution >= 0.6 is 11.8 Å². The molecular weight excluding hydrogens is 440 g/mol. The number of aromatic nitrogens is 5. The minimum atomic E-state index is -3.32. The van der Waals surface area contributed by atoms with Gasteiger partial charge in [0.2, 0.25) is 0 Å². The summed E-state index contributed by atoms with van der Waals surface area (Å²) in [5, 5.41) is 21.2. The molecule has 0 aliphatic carbocycles. The number of aliphatic hydroxyl groups excluding tert-OH is 1. The van der Waals surface area contributed by atoms with Crippen molar-refractivity contribution in [3.8, 4) is 11.1 Å². The van der Waals surface area contributed by atoms with E-state index in [2.05, 4.69) is 20.5 Å². The molecule has 0 spiro atoms. The average molecular weight is 461 g/mol. The van der Waals surface area contributed by atoms with Gasteiger partial charge in [-0.2, -0.15) is 10.2 Å². The smallest absolute Gasteiger partial charge is 0.257 e. The van der Waals surface area contributed by atoms with Gasteiger partial charge in [-0.1, -0.05) is 6.08 Å². The highest BCUT2D eigenvalue weighted by Gasteiger charge is 2.38. The van der Waals surface area contributed by atoms with E-state index in [0.29, 0.717) is 16.3 Å². The maximum Gasteiger partial charge on any atom is 0.257 e. The Morgan fingerprint density at radius 2 is 2.00 bits per heavy atom. The number of hydrogen-bond donors (Lipinski definition) is 2. The average Bonchev–Trinajstić information content (AvgIpc) is 3.47. The van der Waals surface area contributed by atoms with Gasteiger partial charge in [0.05, 0.1) is 41.0 Å². The Morgan fingerprint density at radius 3 is 2.71 bits per heavy atom. The molecule has 0 aromatic carbocycles. The molecule has 12 heteroatoms. The van der Waals surface area contributed by atoms with Gasteiger partial charge in [-0.05, 0) is 0 Å². The normalized spacial score (nSPS) is 25.1. The predicted octanol–water partition coefficient (Wildman–Crippen LogP) is 0.118. The summed E-state index contributed by atoms with van der Waals surface area (Å²) in [6, 6.07) is -0.775. The molecule has 0 bridgehead atoms. The first-order valence-corrected chi connectivity index (χ1v) is 12.5. The van der Waals surface area contributed by atoms with Crippen LogP contribution in [-0.4, -0.2) is 73.2 Å². The van der Waals surface area contributed by atoms with E-state index >= 15 is 0 Å². The lowest BCUT2D eigenvalue weighted by Gasteiger charge is -2.14. The lowest BCUT2D eigenvalue weighted by molar-refractivity contribution is -0.117. The van der Waals surface area contributed by atoms with Crippen LogP contribution in [0.1, 0.15) is 11.5 Å². The molecule has 1 amide bonds. The van der Waals surface area contributed by atoms with Crippen molar-refractivity contribution in [1.29, 1.82) is 0 Å². The summed E-state index contributed by atoms with van der Waals surface area (Å²) in [7, 11) is -1.47. The van der Waals surface area contributed by atoms with Crippen LogP contribution in [0.2, 0.25) is 0 Å². The largest absolute Gasteiger partial charge is 0.390 e. The van der Waals surface area contributed by atoms with Crippen LogP contribution in [0.25, 0.3) is 16.8 Å². The molecule has 5 rings (SSSR count). The number of hydrogen-bond acceptors (Lipinski definition) is 8. The summed E-state index contributed by atoms with van der Waals surface area (Å²) >= 11 is 1.39. The zero-order chi connectivity index (χ0) is 21.8. The minimum Gasteiger partial charge on any atom is -0.390 e. The summed E-state index contributed by atoms with van der Waals surface area (Å²) in [6.07, 6.45) is 9.87.